The highest BCUT2D eigenvalue weighted by Gasteiger charge is 2.37. The molecule has 1 saturated carbocycles. The standard InChI is InChI=1S/C15H21NO3S/c17-12-8-11(9-12)14(13-2-1-7-20-13)16-15(18)10-3-5-19-6-4-10/h1-2,7,10-12,14,17H,3-6,8-9H2,(H,16,18). The number of hydrogen-bond donors (Lipinski definition) is 2. The maximum Gasteiger partial charge on any atom is 0.223 e. The second-order valence-electron chi connectivity index (χ2n) is 5.77. The Balaban J connectivity index is 1.65. The Morgan fingerprint density at radius 3 is 2.75 bits per heavy atom. The van der Waals surface area contributed by atoms with Gasteiger partial charge in [-0.05, 0) is 43.0 Å². The van der Waals surface area contributed by atoms with E-state index >= 15 is 0 Å². The third-order valence-electron chi connectivity index (χ3n) is 4.36. The van der Waals surface area contributed by atoms with Gasteiger partial charge in [-0.15, -0.1) is 11.3 Å². The molecule has 4 nitrogen and oxygen atoms in total. The lowest BCUT2D eigenvalue weighted by Gasteiger charge is -2.38. The van der Waals surface area contributed by atoms with Crippen LogP contribution in [0.2, 0.25) is 0 Å². The number of carbonyl (C=O) groups excluding carboxylic acids is 1. The molecule has 1 atom stereocenters. The Kier molecular flexibility index (Phi) is 4.38. The molecule has 1 aliphatic carbocycles. The molecule has 110 valence electrons. The zero-order valence-corrected chi connectivity index (χ0v) is 12.3. The van der Waals surface area contributed by atoms with Gasteiger partial charge in [0.1, 0.15) is 0 Å². The molecule has 2 heterocycles. The summed E-state index contributed by atoms with van der Waals surface area (Å²) in [5.41, 5.74) is 0. The average molecular weight is 295 g/mol. The first-order valence-corrected chi connectivity index (χ1v) is 8.21. The summed E-state index contributed by atoms with van der Waals surface area (Å²) in [6.45, 7) is 1.37. The van der Waals surface area contributed by atoms with Gasteiger partial charge in [0.05, 0.1) is 12.1 Å². The van der Waals surface area contributed by atoms with Crippen LogP contribution in [0.4, 0.5) is 0 Å². The van der Waals surface area contributed by atoms with Gasteiger partial charge < -0.3 is 15.2 Å². The predicted octanol–water partition coefficient (Wildman–Crippen LogP) is 2.10. The van der Waals surface area contributed by atoms with Crippen molar-refractivity contribution in [1.82, 2.24) is 5.32 Å². The van der Waals surface area contributed by atoms with E-state index in [0.29, 0.717) is 19.1 Å². The Labute approximate surface area is 123 Å². The van der Waals surface area contributed by atoms with E-state index in [4.69, 9.17) is 4.74 Å². The lowest BCUT2D eigenvalue weighted by molar-refractivity contribution is -0.129. The summed E-state index contributed by atoms with van der Waals surface area (Å²) in [5, 5.41) is 14.8. The number of aliphatic hydroxyl groups is 1. The van der Waals surface area contributed by atoms with Crippen LogP contribution in [0.5, 0.6) is 0 Å². The number of amides is 1. The number of nitrogens with one attached hydrogen (secondary N) is 1. The van der Waals surface area contributed by atoms with E-state index in [1.807, 2.05) is 11.4 Å². The highest BCUT2D eigenvalue weighted by Crippen LogP contribution is 2.39. The van der Waals surface area contributed by atoms with Gasteiger partial charge in [-0.25, -0.2) is 0 Å². The van der Waals surface area contributed by atoms with E-state index in [1.165, 1.54) is 4.88 Å². The number of hydrogen-bond acceptors (Lipinski definition) is 4. The van der Waals surface area contributed by atoms with E-state index in [9.17, 15) is 9.90 Å². The molecule has 2 fully saturated rings. The van der Waals surface area contributed by atoms with Gasteiger partial charge >= 0.3 is 0 Å². The normalized spacial score (nSPS) is 28.6. The second kappa shape index (κ2) is 6.24. The van der Waals surface area contributed by atoms with Gasteiger partial charge in [-0.3, -0.25) is 4.79 Å². The number of aliphatic hydroxyl groups excluding tert-OH is 1. The van der Waals surface area contributed by atoms with Crippen molar-refractivity contribution < 1.29 is 14.6 Å². The number of carbonyl (C=O) groups is 1. The Morgan fingerprint density at radius 1 is 1.40 bits per heavy atom. The summed E-state index contributed by atoms with van der Waals surface area (Å²) >= 11 is 1.68. The zero-order valence-electron chi connectivity index (χ0n) is 11.5. The van der Waals surface area contributed by atoms with Crippen LogP contribution < -0.4 is 5.32 Å². The molecule has 1 unspecified atom stereocenters. The van der Waals surface area contributed by atoms with Crippen molar-refractivity contribution in [2.24, 2.45) is 11.8 Å². The minimum absolute atomic E-state index is 0.0637. The highest BCUT2D eigenvalue weighted by atomic mass is 32.1. The maximum atomic E-state index is 12.4. The first kappa shape index (κ1) is 14.0. The number of rotatable bonds is 4. The fourth-order valence-corrected chi connectivity index (χ4v) is 3.89. The summed E-state index contributed by atoms with van der Waals surface area (Å²) in [6.07, 6.45) is 3.02. The Bertz CT molecular complexity index is 436. The molecule has 2 N–H and O–H groups in total. The van der Waals surface area contributed by atoms with Crippen molar-refractivity contribution in [1.29, 1.82) is 0 Å². The quantitative estimate of drug-likeness (QED) is 0.894. The van der Waals surface area contributed by atoms with E-state index < -0.39 is 0 Å². The highest BCUT2D eigenvalue weighted by molar-refractivity contribution is 7.10. The molecule has 1 aliphatic heterocycles. The van der Waals surface area contributed by atoms with Gasteiger partial charge in [0.2, 0.25) is 5.91 Å². The molecular weight excluding hydrogens is 274 g/mol. The molecule has 1 saturated heterocycles. The molecule has 0 spiro atoms. The monoisotopic (exact) mass is 295 g/mol. The SMILES string of the molecule is O=C(NC(c1cccs1)C1CC(O)C1)C1CCOCC1. The fourth-order valence-electron chi connectivity index (χ4n) is 3.02. The van der Waals surface area contributed by atoms with Crippen molar-refractivity contribution in [2.75, 3.05) is 13.2 Å². The molecule has 0 aromatic carbocycles. The largest absolute Gasteiger partial charge is 0.393 e. The fraction of sp³-hybridized carbons (Fsp3) is 0.667. The van der Waals surface area contributed by atoms with Gasteiger partial charge in [0.15, 0.2) is 0 Å². The van der Waals surface area contributed by atoms with Crippen molar-refractivity contribution in [2.45, 2.75) is 37.8 Å². The molecule has 1 aromatic heterocycles. The third-order valence-corrected chi connectivity index (χ3v) is 5.32. The van der Waals surface area contributed by atoms with Gasteiger partial charge in [-0.1, -0.05) is 6.07 Å². The van der Waals surface area contributed by atoms with E-state index in [1.54, 1.807) is 11.3 Å². The Hall–Kier alpha value is -0.910. The second-order valence-corrected chi connectivity index (χ2v) is 6.75. The van der Waals surface area contributed by atoms with Crippen molar-refractivity contribution >= 4 is 17.2 Å². The van der Waals surface area contributed by atoms with Crippen molar-refractivity contribution in [3.8, 4) is 0 Å². The first-order chi connectivity index (χ1) is 9.74. The van der Waals surface area contributed by atoms with Gasteiger partial charge in [-0.2, -0.15) is 0 Å². The molecule has 1 aromatic rings. The van der Waals surface area contributed by atoms with Gasteiger partial charge in [0, 0.05) is 24.0 Å². The van der Waals surface area contributed by atoms with Crippen LogP contribution in [-0.4, -0.2) is 30.3 Å². The van der Waals surface area contributed by atoms with Crippen molar-refractivity contribution in [3.63, 3.8) is 0 Å². The maximum absolute atomic E-state index is 12.4. The van der Waals surface area contributed by atoms with Crippen LogP contribution in [0.1, 0.15) is 36.6 Å². The molecule has 5 heteroatoms. The number of ether oxygens (including phenoxy) is 1. The number of thiophene rings is 1. The van der Waals surface area contributed by atoms with Crippen LogP contribution in [0, 0.1) is 11.8 Å². The van der Waals surface area contributed by atoms with Crippen LogP contribution in [0.25, 0.3) is 0 Å². The molecular formula is C15H21NO3S. The average Bonchev–Trinajstić information content (AvgIpc) is 2.96. The van der Waals surface area contributed by atoms with E-state index in [-0.39, 0.29) is 24.0 Å². The van der Waals surface area contributed by atoms with Crippen LogP contribution >= 0.6 is 11.3 Å². The summed E-state index contributed by atoms with van der Waals surface area (Å²) in [5.74, 6) is 0.594. The lowest BCUT2D eigenvalue weighted by Crippen LogP contribution is -2.43. The van der Waals surface area contributed by atoms with Crippen LogP contribution in [0.3, 0.4) is 0 Å². The van der Waals surface area contributed by atoms with Crippen LogP contribution in [0.15, 0.2) is 17.5 Å². The minimum Gasteiger partial charge on any atom is -0.393 e. The first-order valence-electron chi connectivity index (χ1n) is 7.33. The minimum atomic E-state index is -0.192. The molecule has 2 aliphatic rings. The molecule has 3 rings (SSSR count). The Morgan fingerprint density at radius 2 is 2.15 bits per heavy atom. The summed E-state index contributed by atoms with van der Waals surface area (Å²) < 4.78 is 5.31. The summed E-state index contributed by atoms with van der Waals surface area (Å²) in [6, 6.07) is 4.15. The summed E-state index contributed by atoms with van der Waals surface area (Å²) in [7, 11) is 0. The molecule has 0 bridgehead atoms. The predicted molar refractivity (Wildman–Crippen MR) is 77.5 cm³/mol. The summed E-state index contributed by atoms with van der Waals surface area (Å²) in [4.78, 5) is 13.6. The zero-order chi connectivity index (χ0) is 13.9. The molecule has 0 radical (unpaired) electrons. The van der Waals surface area contributed by atoms with E-state index in [0.717, 1.165) is 25.7 Å². The molecule has 1 amide bonds. The third kappa shape index (κ3) is 3.05. The molecule has 20 heavy (non-hydrogen) atoms. The lowest BCUT2D eigenvalue weighted by atomic mass is 9.76. The topological polar surface area (TPSA) is 58.6 Å². The van der Waals surface area contributed by atoms with Gasteiger partial charge in [0.25, 0.3) is 0 Å². The smallest absolute Gasteiger partial charge is 0.223 e. The van der Waals surface area contributed by atoms with Crippen LogP contribution in [-0.2, 0) is 9.53 Å². The van der Waals surface area contributed by atoms with Crippen molar-refractivity contribution in [3.05, 3.63) is 22.4 Å². The van der Waals surface area contributed by atoms with E-state index in [2.05, 4.69) is 11.4 Å².